The Morgan fingerprint density at radius 3 is 2.53 bits per heavy atom. The van der Waals surface area contributed by atoms with Crippen molar-refractivity contribution in [2.45, 2.75) is 0 Å². The van der Waals surface area contributed by atoms with Crippen LogP contribution >= 0.6 is 0 Å². The predicted octanol–water partition coefficient (Wildman–Crippen LogP) is 1.66. The van der Waals surface area contributed by atoms with Crippen molar-refractivity contribution in [3.05, 3.63) is 46.3 Å². The van der Waals surface area contributed by atoms with E-state index in [4.69, 9.17) is 0 Å². The minimum Gasteiger partial charge on any atom is -0.295 e. The smallest absolute Gasteiger partial charge is 0.266 e. The predicted molar refractivity (Wildman–Crippen MR) is 51.4 cm³/mol. The van der Waals surface area contributed by atoms with Gasteiger partial charge in [-0.2, -0.15) is 0 Å². The maximum Gasteiger partial charge on any atom is 0.266 e. The van der Waals surface area contributed by atoms with Crippen LogP contribution in [-0.2, 0) is 7.05 Å². The molecule has 78 valence electrons. The van der Waals surface area contributed by atoms with Crippen LogP contribution in [0.4, 0.5) is 8.78 Å². The van der Waals surface area contributed by atoms with Crippen LogP contribution in [0, 0.1) is 11.6 Å². The number of rotatable bonds is 1. The van der Waals surface area contributed by atoms with Crippen LogP contribution in [0.1, 0.15) is 0 Å². The molecule has 0 unspecified atom stereocenters. The maximum atomic E-state index is 13.3. The third kappa shape index (κ3) is 1.68. The molecule has 0 saturated carbocycles. The highest BCUT2D eigenvalue weighted by atomic mass is 19.1. The molecule has 0 fully saturated rings. The highest BCUT2D eigenvalue weighted by Gasteiger charge is 2.09. The second kappa shape index (κ2) is 3.34. The number of hydrogen-bond donors (Lipinski definition) is 1. The Labute approximate surface area is 84.0 Å². The van der Waals surface area contributed by atoms with Crippen molar-refractivity contribution in [1.82, 2.24) is 9.78 Å². The second-order valence-electron chi connectivity index (χ2n) is 3.19. The fourth-order valence-electron chi connectivity index (χ4n) is 1.33. The highest BCUT2D eigenvalue weighted by Crippen LogP contribution is 2.19. The van der Waals surface area contributed by atoms with E-state index in [-0.39, 0.29) is 11.1 Å². The lowest BCUT2D eigenvalue weighted by Crippen LogP contribution is -2.09. The van der Waals surface area contributed by atoms with Crippen LogP contribution < -0.4 is 5.56 Å². The van der Waals surface area contributed by atoms with Gasteiger partial charge in [0.25, 0.3) is 5.56 Å². The van der Waals surface area contributed by atoms with Gasteiger partial charge < -0.3 is 0 Å². The van der Waals surface area contributed by atoms with Crippen LogP contribution in [0.3, 0.4) is 0 Å². The number of H-pyrrole nitrogens is 1. The Morgan fingerprint density at radius 1 is 1.27 bits per heavy atom. The van der Waals surface area contributed by atoms with Gasteiger partial charge >= 0.3 is 0 Å². The summed E-state index contributed by atoms with van der Waals surface area (Å²) in [5.41, 5.74) is 0.239. The molecule has 0 bridgehead atoms. The van der Waals surface area contributed by atoms with E-state index in [1.807, 2.05) is 0 Å². The maximum absolute atomic E-state index is 13.3. The molecule has 0 radical (unpaired) electrons. The average Bonchev–Trinajstić information content (AvgIpc) is 2.46. The highest BCUT2D eigenvalue weighted by molar-refractivity contribution is 5.59. The van der Waals surface area contributed by atoms with E-state index < -0.39 is 11.6 Å². The lowest BCUT2D eigenvalue weighted by Gasteiger charge is -1.99. The molecule has 2 aromatic rings. The molecular weight excluding hydrogens is 202 g/mol. The van der Waals surface area contributed by atoms with Gasteiger partial charge in [0.15, 0.2) is 0 Å². The van der Waals surface area contributed by atoms with E-state index in [0.29, 0.717) is 5.69 Å². The SMILES string of the molecule is Cn1[nH]c(-c2ccc(F)cc2F)cc1=O. The number of benzene rings is 1. The molecule has 1 aromatic carbocycles. The second-order valence-corrected chi connectivity index (χ2v) is 3.19. The minimum absolute atomic E-state index is 0.175. The van der Waals surface area contributed by atoms with Crippen LogP contribution in [-0.4, -0.2) is 9.78 Å². The zero-order chi connectivity index (χ0) is 11.0. The topological polar surface area (TPSA) is 37.8 Å². The van der Waals surface area contributed by atoms with E-state index in [2.05, 4.69) is 5.10 Å². The molecule has 15 heavy (non-hydrogen) atoms. The van der Waals surface area contributed by atoms with Crippen LogP contribution in [0.25, 0.3) is 11.3 Å². The fraction of sp³-hybridized carbons (Fsp3) is 0.100. The first kappa shape index (κ1) is 9.64. The number of halogens is 2. The molecular formula is C10H8F2N2O. The van der Waals surface area contributed by atoms with Crippen molar-refractivity contribution in [3.8, 4) is 11.3 Å². The molecule has 0 spiro atoms. The van der Waals surface area contributed by atoms with Crippen LogP contribution in [0.2, 0.25) is 0 Å². The molecule has 1 N–H and O–H groups in total. The largest absolute Gasteiger partial charge is 0.295 e. The molecule has 0 saturated heterocycles. The van der Waals surface area contributed by atoms with Gasteiger partial charge in [0.1, 0.15) is 11.6 Å². The summed E-state index contributed by atoms with van der Waals surface area (Å²) in [4.78, 5) is 11.1. The van der Waals surface area contributed by atoms with Crippen molar-refractivity contribution < 1.29 is 8.78 Å². The molecule has 0 aliphatic rings. The summed E-state index contributed by atoms with van der Waals surface area (Å²) < 4.78 is 27.2. The summed E-state index contributed by atoms with van der Waals surface area (Å²) in [6.07, 6.45) is 0. The standard InChI is InChI=1S/C10H8F2N2O/c1-14-10(15)5-9(13-14)7-3-2-6(11)4-8(7)12/h2-5,13H,1H3. The van der Waals surface area contributed by atoms with Gasteiger partial charge in [0, 0.05) is 24.7 Å². The first-order valence-electron chi connectivity index (χ1n) is 4.29. The van der Waals surface area contributed by atoms with Crippen LogP contribution in [0.5, 0.6) is 0 Å². The monoisotopic (exact) mass is 210 g/mol. The first-order valence-corrected chi connectivity index (χ1v) is 4.29. The summed E-state index contributed by atoms with van der Waals surface area (Å²) in [7, 11) is 1.52. The molecule has 1 aromatic heterocycles. The summed E-state index contributed by atoms with van der Waals surface area (Å²) in [5.74, 6) is -1.34. The van der Waals surface area contributed by atoms with E-state index in [0.717, 1.165) is 12.1 Å². The van der Waals surface area contributed by atoms with Gasteiger partial charge in [-0.15, -0.1) is 0 Å². The Balaban J connectivity index is 2.59. The summed E-state index contributed by atoms with van der Waals surface area (Å²) in [6.45, 7) is 0. The van der Waals surface area contributed by atoms with Gasteiger partial charge in [-0.05, 0) is 12.1 Å². The fourth-order valence-corrected chi connectivity index (χ4v) is 1.33. The third-order valence-corrected chi connectivity index (χ3v) is 2.11. The molecule has 5 heteroatoms. The summed E-state index contributed by atoms with van der Waals surface area (Å²) in [5, 5.41) is 2.66. The number of aryl methyl sites for hydroxylation is 1. The molecule has 0 atom stereocenters. The lowest BCUT2D eigenvalue weighted by molar-refractivity contribution is 0.585. The van der Waals surface area contributed by atoms with Crippen molar-refractivity contribution in [1.29, 1.82) is 0 Å². The number of aromatic nitrogens is 2. The van der Waals surface area contributed by atoms with Gasteiger partial charge in [-0.3, -0.25) is 14.6 Å². The first-order chi connectivity index (χ1) is 7.08. The number of aromatic amines is 1. The number of nitrogens with one attached hydrogen (secondary N) is 1. The zero-order valence-electron chi connectivity index (χ0n) is 7.92. The Morgan fingerprint density at radius 2 is 2.00 bits per heavy atom. The lowest BCUT2D eigenvalue weighted by atomic mass is 10.1. The molecule has 0 amide bonds. The Kier molecular flexibility index (Phi) is 2.15. The number of nitrogens with zero attached hydrogens (tertiary/aromatic N) is 1. The average molecular weight is 210 g/mol. The summed E-state index contributed by atoms with van der Waals surface area (Å²) in [6, 6.07) is 4.47. The van der Waals surface area contributed by atoms with Gasteiger partial charge in [0.2, 0.25) is 0 Å². The van der Waals surface area contributed by atoms with Gasteiger partial charge in [-0.25, -0.2) is 8.78 Å². The Hall–Kier alpha value is -1.91. The minimum atomic E-state index is -0.697. The van der Waals surface area contributed by atoms with E-state index in [1.165, 1.54) is 23.9 Å². The summed E-state index contributed by atoms with van der Waals surface area (Å²) >= 11 is 0. The van der Waals surface area contributed by atoms with E-state index in [1.54, 1.807) is 0 Å². The molecule has 0 aliphatic carbocycles. The molecule has 1 heterocycles. The van der Waals surface area contributed by atoms with E-state index in [9.17, 15) is 13.6 Å². The number of hydrogen-bond acceptors (Lipinski definition) is 1. The van der Waals surface area contributed by atoms with Crippen molar-refractivity contribution >= 4 is 0 Å². The quantitative estimate of drug-likeness (QED) is 0.763. The van der Waals surface area contributed by atoms with E-state index >= 15 is 0 Å². The van der Waals surface area contributed by atoms with Crippen molar-refractivity contribution in [3.63, 3.8) is 0 Å². The molecule has 0 aliphatic heterocycles. The molecule has 3 nitrogen and oxygen atoms in total. The van der Waals surface area contributed by atoms with Gasteiger partial charge in [0.05, 0.1) is 5.69 Å². The Bertz CT molecular complexity index is 557. The normalized spacial score (nSPS) is 10.6. The van der Waals surface area contributed by atoms with Crippen LogP contribution in [0.15, 0.2) is 29.1 Å². The van der Waals surface area contributed by atoms with Crippen molar-refractivity contribution in [2.24, 2.45) is 7.05 Å². The van der Waals surface area contributed by atoms with Gasteiger partial charge in [-0.1, -0.05) is 0 Å². The van der Waals surface area contributed by atoms with Crippen molar-refractivity contribution in [2.75, 3.05) is 0 Å². The zero-order valence-corrected chi connectivity index (χ0v) is 7.92. The third-order valence-electron chi connectivity index (χ3n) is 2.11. The molecule has 2 rings (SSSR count).